The van der Waals surface area contributed by atoms with Crippen molar-refractivity contribution < 1.29 is 5.11 Å². The first-order chi connectivity index (χ1) is 7.55. The van der Waals surface area contributed by atoms with Crippen molar-refractivity contribution in [3.8, 4) is 0 Å². The van der Waals surface area contributed by atoms with Gasteiger partial charge in [0, 0.05) is 6.54 Å². The van der Waals surface area contributed by atoms with E-state index in [0.29, 0.717) is 6.54 Å². The molecule has 98 valence electrons. The number of hydrogen-bond donors (Lipinski definition) is 2. The quantitative estimate of drug-likeness (QED) is 0.564. The minimum Gasteiger partial charge on any atom is -0.389 e. The van der Waals surface area contributed by atoms with Crippen LogP contribution in [0.2, 0.25) is 0 Å². The zero-order valence-electron chi connectivity index (χ0n) is 11.3. The molecule has 0 aromatic rings. The molecular weight excluding hydrogens is 200 g/mol. The Bertz CT molecular complexity index is 154. The van der Waals surface area contributed by atoms with Gasteiger partial charge in [-0.25, -0.2) is 0 Å². The van der Waals surface area contributed by atoms with Crippen molar-refractivity contribution >= 4 is 0 Å². The third kappa shape index (κ3) is 8.08. The van der Waals surface area contributed by atoms with Crippen LogP contribution in [0.4, 0.5) is 0 Å². The van der Waals surface area contributed by atoms with Crippen LogP contribution in [-0.2, 0) is 0 Å². The molecule has 0 aromatic heterocycles. The highest BCUT2D eigenvalue weighted by Gasteiger charge is 2.16. The van der Waals surface area contributed by atoms with E-state index in [1.165, 1.54) is 25.9 Å². The minimum absolute atomic E-state index is 0.362. The number of nitrogens with two attached hydrogens (primary N) is 1. The summed E-state index contributed by atoms with van der Waals surface area (Å²) in [6, 6.07) is 0. The van der Waals surface area contributed by atoms with Crippen LogP contribution in [0.5, 0.6) is 0 Å². The number of hydrogen-bond acceptors (Lipinski definition) is 3. The SMILES string of the molecule is CCCN(CCC)CCCCC(C)(O)CN. The van der Waals surface area contributed by atoms with Crippen molar-refractivity contribution in [2.24, 2.45) is 5.73 Å². The molecule has 0 aromatic carbocycles. The molecule has 16 heavy (non-hydrogen) atoms. The highest BCUT2D eigenvalue weighted by atomic mass is 16.3. The van der Waals surface area contributed by atoms with E-state index in [0.717, 1.165) is 25.8 Å². The lowest BCUT2D eigenvalue weighted by atomic mass is 9.99. The Morgan fingerprint density at radius 3 is 2.06 bits per heavy atom. The molecule has 0 amide bonds. The molecule has 0 saturated heterocycles. The molecule has 0 aliphatic carbocycles. The Morgan fingerprint density at radius 2 is 1.62 bits per heavy atom. The second kappa shape index (κ2) is 8.97. The Morgan fingerprint density at radius 1 is 1.06 bits per heavy atom. The molecule has 1 atom stereocenters. The second-order valence-corrected chi connectivity index (χ2v) is 5.00. The van der Waals surface area contributed by atoms with E-state index in [-0.39, 0.29) is 0 Å². The molecule has 0 bridgehead atoms. The van der Waals surface area contributed by atoms with Gasteiger partial charge in [-0.05, 0) is 58.7 Å². The van der Waals surface area contributed by atoms with Gasteiger partial charge in [-0.2, -0.15) is 0 Å². The number of aliphatic hydroxyl groups is 1. The van der Waals surface area contributed by atoms with E-state index < -0.39 is 5.60 Å². The van der Waals surface area contributed by atoms with Crippen LogP contribution in [-0.4, -0.2) is 41.8 Å². The van der Waals surface area contributed by atoms with Gasteiger partial charge in [0.2, 0.25) is 0 Å². The largest absolute Gasteiger partial charge is 0.389 e. The predicted octanol–water partition coefficient (Wildman–Crippen LogP) is 1.99. The zero-order valence-corrected chi connectivity index (χ0v) is 11.3. The van der Waals surface area contributed by atoms with Crippen LogP contribution in [0.3, 0.4) is 0 Å². The highest BCUT2D eigenvalue weighted by Crippen LogP contribution is 2.12. The smallest absolute Gasteiger partial charge is 0.0741 e. The molecule has 3 heteroatoms. The topological polar surface area (TPSA) is 49.5 Å². The van der Waals surface area contributed by atoms with Crippen molar-refractivity contribution in [2.45, 2.75) is 58.5 Å². The summed E-state index contributed by atoms with van der Waals surface area (Å²) in [6.07, 6.45) is 5.49. The summed E-state index contributed by atoms with van der Waals surface area (Å²) >= 11 is 0. The molecule has 0 aliphatic rings. The minimum atomic E-state index is -0.666. The fraction of sp³-hybridized carbons (Fsp3) is 1.00. The van der Waals surface area contributed by atoms with Crippen LogP contribution < -0.4 is 5.73 Å². The van der Waals surface area contributed by atoms with Crippen molar-refractivity contribution in [3.05, 3.63) is 0 Å². The van der Waals surface area contributed by atoms with Crippen LogP contribution >= 0.6 is 0 Å². The standard InChI is InChI=1S/C13H30N2O/c1-4-9-15(10-5-2)11-7-6-8-13(3,16)12-14/h16H,4-12,14H2,1-3H3. The van der Waals surface area contributed by atoms with Crippen molar-refractivity contribution in [3.63, 3.8) is 0 Å². The molecule has 0 heterocycles. The molecule has 0 fully saturated rings. The van der Waals surface area contributed by atoms with Gasteiger partial charge in [0.25, 0.3) is 0 Å². The number of nitrogens with zero attached hydrogens (tertiary/aromatic N) is 1. The maximum Gasteiger partial charge on any atom is 0.0741 e. The van der Waals surface area contributed by atoms with Gasteiger partial charge in [0.1, 0.15) is 0 Å². The molecule has 0 saturated carbocycles. The Balaban J connectivity index is 3.61. The lowest BCUT2D eigenvalue weighted by molar-refractivity contribution is 0.0563. The summed E-state index contributed by atoms with van der Waals surface area (Å²) in [5.41, 5.74) is 4.82. The van der Waals surface area contributed by atoms with Gasteiger partial charge in [-0.3, -0.25) is 0 Å². The van der Waals surface area contributed by atoms with Gasteiger partial charge < -0.3 is 15.7 Å². The molecule has 3 N–H and O–H groups in total. The van der Waals surface area contributed by atoms with E-state index in [2.05, 4.69) is 18.7 Å². The van der Waals surface area contributed by atoms with Crippen LogP contribution in [0, 0.1) is 0 Å². The van der Waals surface area contributed by atoms with Crippen molar-refractivity contribution in [1.82, 2.24) is 4.90 Å². The lowest BCUT2D eigenvalue weighted by Crippen LogP contribution is -2.34. The van der Waals surface area contributed by atoms with Gasteiger partial charge in [-0.15, -0.1) is 0 Å². The first-order valence-corrected chi connectivity index (χ1v) is 6.70. The maximum atomic E-state index is 9.76. The predicted molar refractivity (Wildman–Crippen MR) is 70.6 cm³/mol. The van der Waals surface area contributed by atoms with E-state index >= 15 is 0 Å². The average Bonchev–Trinajstić information content (AvgIpc) is 2.25. The van der Waals surface area contributed by atoms with E-state index in [9.17, 15) is 5.11 Å². The lowest BCUT2D eigenvalue weighted by Gasteiger charge is -2.23. The number of rotatable bonds is 10. The van der Waals surface area contributed by atoms with Crippen LogP contribution in [0.15, 0.2) is 0 Å². The average molecular weight is 230 g/mol. The molecule has 0 radical (unpaired) electrons. The Kier molecular flexibility index (Phi) is 8.90. The third-order valence-corrected chi connectivity index (χ3v) is 2.96. The summed E-state index contributed by atoms with van der Waals surface area (Å²) < 4.78 is 0. The monoisotopic (exact) mass is 230 g/mol. The summed E-state index contributed by atoms with van der Waals surface area (Å²) in [6.45, 7) is 10.2. The van der Waals surface area contributed by atoms with Crippen LogP contribution in [0.25, 0.3) is 0 Å². The van der Waals surface area contributed by atoms with E-state index in [1.54, 1.807) is 0 Å². The molecular formula is C13H30N2O. The summed E-state index contributed by atoms with van der Waals surface area (Å²) in [5.74, 6) is 0. The van der Waals surface area contributed by atoms with E-state index in [4.69, 9.17) is 5.73 Å². The van der Waals surface area contributed by atoms with Gasteiger partial charge in [0.15, 0.2) is 0 Å². The Labute approximate surface area is 101 Å². The van der Waals surface area contributed by atoms with Crippen LogP contribution in [0.1, 0.15) is 52.9 Å². The maximum absolute atomic E-state index is 9.76. The first kappa shape index (κ1) is 15.9. The summed E-state index contributed by atoms with van der Waals surface area (Å²) in [7, 11) is 0. The zero-order chi connectivity index (χ0) is 12.4. The molecule has 1 unspecified atom stereocenters. The molecule has 0 rings (SSSR count). The molecule has 0 spiro atoms. The fourth-order valence-electron chi connectivity index (χ4n) is 1.91. The molecule has 0 aliphatic heterocycles. The molecule has 3 nitrogen and oxygen atoms in total. The fourth-order valence-corrected chi connectivity index (χ4v) is 1.91. The van der Waals surface area contributed by atoms with E-state index in [1.807, 2.05) is 6.92 Å². The Hall–Kier alpha value is -0.120. The highest BCUT2D eigenvalue weighted by molar-refractivity contribution is 4.73. The summed E-state index contributed by atoms with van der Waals surface area (Å²) in [5, 5.41) is 9.76. The normalized spacial score (nSPS) is 15.4. The number of unbranched alkanes of at least 4 members (excludes halogenated alkanes) is 1. The second-order valence-electron chi connectivity index (χ2n) is 5.00. The van der Waals surface area contributed by atoms with Gasteiger partial charge in [-0.1, -0.05) is 13.8 Å². The van der Waals surface area contributed by atoms with Crippen molar-refractivity contribution in [1.29, 1.82) is 0 Å². The first-order valence-electron chi connectivity index (χ1n) is 6.70. The third-order valence-electron chi connectivity index (χ3n) is 2.96. The van der Waals surface area contributed by atoms with Gasteiger partial charge >= 0.3 is 0 Å². The summed E-state index contributed by atoms with van der Waals surface area (Å²) in [4.78, 5) is 2.51. The van der Waals surface area contributed by atoms with Gasteiger partial charge in [0.05, 0.1) is 5.60 Å². The van der Waals surface area contributed by atoms with Crippen molar-refractivity contribution in [2.75, 3.05) is 26.2 Å².